The lowest BCUT2D eigenvalue weighted by atomic mass is 9.73. The van der Waals surface area contributed by atoms with Gasteiger partial charge in [-0.15, -0.1) is 0 Å². The number of hydrogen-bond donors (Lipinski definition) is 2. The number of aromatic amines is 1. The predicted molar refractivity (Wildman–Crippen MR) is 112 cm³/mol. The van der Waals surface area contributed by atoms with Crippen LogP contribution in [-0.4, -0.2) is 44.7 Å². The van der Waals surface area contributed by atoms with Gasteiger partial charge in [0.25, 0.3) is 5.91 Å². The van der Waals surface area contributed by atoms with E-state index in [1.807, 2.05) is 47.4 Å². The smallest absolute Gasteiger partial charge is 0.276 e. The number of anilines is 1. The van der Waals surface area contributed by atoms with E-state index in [1.54, 1.807) is 6.92 Å². The number of carbonyl (C=O) groups excluding carboxylic acids is 2. The molecule has 0 bridgehead atoms. The van der Waals surface area contributed by atoms with Gasteiger partial charge < -0.3 is 10.2 Å². The summed E-state index contributed by atoms with van der Waals surface area (Å²) in [7, 11) is 0. The molecule has 2 aliphatic heterocycles. The maximum atomic E-state index is 13.4. The topological polar surface area (TPSA) is 91.0 Å². The molecule has 0 saturated carbocycles. The summed E-state index contributed by atoms with van der Waals surface area (Å²) in [5.74, 6) is -0.192. The van der Waals surface area contributed by atoms with E-state index < -0.39 is 5.41 Å². The van der Waals surface area contributed by atoms with E-state index in [1.165, 1.54) is 5.56 Å². The number of H-pyrrole nitrogens is 1. The van der Waals surface area contributed by atoms with Crippen molar-refractivity contribution < 1.29 is 9.59 Å². The summed E-state index contributed by atoms with van der Waals surface area (Å²) in [4.78, 5) is 28.5. The number of nitrogens with one attached hydrogen (secondary N) is 2. The van der Waals surface area contributed by atoms with Gasteiger partial charge in [-0.3, -0.25) is 9.59 Å². The molecule has 1 spiro atoms. The maximum absolute atomic E-state index is 13.4. The largest absolute Gasteiger partial charge is 0.333 e. The summed E-state index contributed by atoms with van der Waals surface area (Å²) >= 11 is 0. The van der Waals surface area contributed by atoms with Crippen molar-refractivity contribution in [3.8, 4) is 0 Å². The summed E-state index contributed by atoms with van der Waals surface area (Å²) in [6.07, 6.45) is 2.07. The molecule has 3 heterocycles. The van der Waals surface area contributed by atoms with Crippen LogP contribution >= 0.6 is 0 Å². The Labute approximate surface area is 174 Å². The van der Waals surface area contributed by atoms with Crippen LogP contribution in [0.15, 0.2) is 54.6 Å². The van der Waals surface area contributed by atoms with E-state index in [0.29, 0.717) is 30.8 Å². The second-order valence-electron chi connectivity index (χ2n) is 8.02. The summed E-state index contributed by atoms with van der Waals surface area (Å²) in [6.45, 7) is 2.27. The van der Waals surface area contributed by atoms with Crippen LogP contribution in [0.5, 0.6) is 0 Å². The number of likely N-dealkylation sites (tertiary alicyclic amines) is 1. The van der Waals surface area contributed by atoms with E-state index in [9.17, 15) is 9.59 Å². The average molecular weight is 401 g/mol. The highest BCUT2D eigenvalue weighted by Crippen LogP contribution is 2.49. The van der Waals surface area contributed by atoms with Crippen molar-refractivity contribution in [1.82, 2.24) is 20.3 Å². The summed E-state index contributed by atoms with van der Waals surface area (Å²) in [6, 6.07) is 17.7. The van der Waals surface area contributed by atoms with Crippen molar-refractivity contribution in [2.24, 2.45) is 0 Å². The van der Waals surface area contributed by atoms with Crippen LogP contribution in [0.25, 0.3) is 0 Å². The van der Waals surface area contributed by atoms with Crippen LogP contribution in [-0.2, 0) is 16.6 Å². The molecule has 1 saturated heterocycles. The monoisotopic (exact) mass is 401 g/mol. The Morgan fingerprint density at radius 3 is 2.67 bits per heavy atom. The minimum atomic E-state index is -0.737. The second-order valence-corrected chi connectivity index (χ2v) is 8.02. The van der Waals surface area contributed by atoms with Gasteiger partial charge in [0.1, 0.15) is 0 Å². The molecule has 30 heavy (non-hydrogen) atoms. The van der Waals surface area contributed by atoms with Gasteiger partial charge in [0, 0.05) is 12.2 Å². The zero-order valence-corrected chi connectivity index (χ0v) is 16.8. The third-order valence-electron chi connectivity index (χ3n) is 6.49. The van der Waals surface area contributed by atoms with E-state index in [2.05, 4.69) is 32.9 Å². The minimum absolute atomic E-state index is 0.0195. The Morgan fingerprint density at radius 1 is 1.13 bits per heavy atom. The SMILES string of the molecule is Cc1n[nH]nc1C(=O)N1CC[C@]2(C(=O)Nc3ccccc32)[C@@H]1CCc1ccccc1. The number of benzene rings is 2. The standard InChI is InChI=1S/C23H23N5O2/c1-15-20(26-27-25-15)21(29)28-14-13-23(17-9-5-6-10-18(17)24-22(23)30)19(28)12-11-16-7-3-2-4-8-16/h2-10,19H,11-14H2,1H3,(H,24,30)(H,25,26,27)/t19-,23+/m0/s1. The van der Waals surface area contributed by atoms with E-state index in [0.717, 1.165) is 17.7 Å². The van der Waals surface area contributed by atoms with Gasteiger partial charge >= 0.3 is 0 Å². The normalized spacial score (nSPS) is 22.4. The van der Waals surface area contributed by atoms with Gasteiger partial charge in [0.2, 0.25) is 5.91 Å². The van der Waals surface area contributed by atoms with Crippen molar-refractivity contribution in [2.45, 2.75) is 37.6 Å². The van der Waals surface area contributed by atoms with Gasteiger partial charge in [0.05, 0.1) is 17.2 Å². The molecule has 7 nitrogen and oxygen atoms in total. The molecule has 2 amide bonds. The molecule has 2 aromatic carbocycles. The lowest BCUT2D eigenvalue weighted by Crippen LogP contribution is -2.49. The number of carbonyl (C=O) groups is 2. The Bertz CT molecular complexity index is 1110. The number of rotatable bonds is 4. The summed E-state index contributed by atoms with van der Waals surface area (Å²) < 4.78 is 0. The molecule has 3 aromatic rings. The lowest BCUT2D eigenvalue weighted by molar-refractivity contribution is -0.121. The molecule has 0 aliphatic carbocycles. The zero-order valence-electron chi connectivity index (χ0n) is 16.8. The first-order valence-electron chi connectivity index (χ1n) is 10.2. The molecule has 0 unspecified atom stereocenters. The lowest BCUT2D eigenvalue weighted by Gasteiger charge is -2.34. The molecule has 2 aliphatic rings. The molecule has 152 valence electrons. The first-order chi connectivity index (χ1) is 14.6. The molecular weight excluding hydrogens is 378 g/mol. The van der Waals surface area contributed by atoms with Crippen molar-refractivity contribution in [1.29, 1.82) is 0 Å². The number of amides is 2. The minimum Gasteiger partial charge on any atom is -0.333 e. The molecule has 0 radical (unpaired) electrons. The van der Waals surface area contributed by atoms with Crippen molar-refractivity contribution in [2.75, 3.05) is 11.9 Å². The van der Waals surface area contributed by atoms with Gasteiger partial charge in [-0.1, -0.05) is 48.5 Å². The molecule has 7 heteroatoms. The molecule has 5 rings (SSSR count). The number of hydrogen-bond acceptors (Lipinski definition) is 4. The fraction of sp³-hybridized carbons (Fsp3) is 0.304. The molecule has 2 atom stereocenters. The third kappa shape index (κ3) is 2.73. The number of fused-ring (bicyclic) bond motifs is 2. The number of aryl methyl sites for hydroxylation is 2. The molecular formula is C23H23N5O2. The van der Waals surface area contributed by atoms with Crippen molar-refractivity contribution in [3.63, 3.8) is 0 Å². The highest BCUT2D eigenvalue weighted by molar-refractivity contribution is 6.08. The fourth-order valence-corrected chi connectivity index (χ4v) is 5.02. The van der Waals surface area contributed by atoms with Gasteiger partial charge in [0.15, 0.2) is 5.69 Å². The Hall–Kier alpha value is -3.48. The van der Waals surface area contributed by atoms with Gasteiger partial charge in [-0.05, 0) is 43.4 Å². The van der Waals surface area contributed by atoms with Gasteiger partial charge in [-0.25, -0.2) is 0 Å². The van der Waals surface area contributed by atoms with Crippen LogP contribution in [0.1, 0.15) is 40.2 Å². The third-order valence-corrected chi connectivity index (χ3v) is 6.49. The van der Waals surface area contributed by atoms with Crippen molar-refractivity contribution >= 4 is 17.5 Å². The molecule has 1 aromatic heterocycles. The number of nitrogens with zero attached hydrogens (tertiary/aromatic N) is 3. The van der Waals surface area contributed by atoms with Gasteiger partial charge in [-0.2, -0.15) is 15.4 Å². The van der Waals surface area contributed by atoms with Crippen LogP contribution in [0.2, 0.25) is 0 Å². The second kappa shape index (κ2) is 7.09. The Kier molecular flexibility index (Phi) is 4.38. The first-order valence-corrected chi connectivity index (χ1v) is 10.2. The number of aromatic nitrogens is 3. The number of para-hydroxylation sites is 1. The Morgan fingerprint density at radius 2 is 1.90 bits per heavy atom. The Balaban J connectivity index is 1.55. The maximum Gasteiger partial charge on any atom is 0.276 e. The highest BCUT2D eigenvalue weighted by atomic mass is 16.2. The van der Waals surface area contributed by atoms with E-state index in [4.69, 9.17) is 0 Å². The first kappa shape index (κ1) is 18.5. The average Bonchev–Trinajstić information content (AvgIpc) is 3.44. The predicted octanol–water partition coefficient (Wildman–Crippen LogP) is 2.85. The van der Waals surface area contributed by atoms with Crippen LogP contribution in [0, 0.1) is 6.92 Å². The van der Waals surface area contributed by atoms with Crippen LogP contribution in [0.3, 0.4) is 0 Å². The van der Waals surface area contributed by atoms with Crippen LogP contribution in [0.4, 0.5) is 5.69 Å². The van der Waals surface area contributed by atoms with Crippen LogP contribution < -0.4 is 5.32 Å². The van der Waals surface area contributed by atoms with E-state index in [-0.39, 0.29) is 17.9 Å². The fourth-order valence-electron chi connectivity index (χ4n) is 5.02. The molecule has 2 N–H and O–H groups in total. The quantitative estimate of drug-likeness (QED) is 0.703. The molecule has 1 fully saturated rings. The summed E-state index contributed by atoms with van der Waals surface area (Å²) in [5.41, 5.74) is 3.18. The van der Waals surface area contributed by atoms with Crippen molar-refractivity contribution in [3.05, 3.63) is 77.1 Å². The zero-order chi connectivity index (χ0) is 20.7. The highest BCUT2D eigenvalue weighted by Gasteiger charge is 2.58. The summed E-state index contributed by atoms with van der Waals surface area (Å²) in [5, 5.41) is 13.7. The van der Waals surface area contributed by atoms with E-state index >= 15 is 0 Å².